The van der Waals surface area contributed by atoms with Crippen molar-refractivity contribution in [2.75, 3.05) is 5.32 Å². The topological polar surface area (TPSA) is 64.0 Å². The molecule has 0 aliphatic heterocycles. The minimum Gasteiger partial charge on any atom is -0.325 e. The first-order valence-electron chi connectivity index (χ1n) is 10.6. The Bertz CT molecular complexity index is 1140. The molecule has 1 amide bonds. The number of hydrogen-bond donors (Lipinski definition) is 1. The summed E-state index contributed by atoms with van der Waals surface area (Å²) in [4.78, 5) is 32.3. The number of amides is 1. The smallest absolute Gasteiger partial charge is 0.262 e. The minimum absolute atomic E-state index is 0.0352. The molecule has 1 aliphatic rings. The van der Waals surface area contributed by atoms with Gasteiger partial charge in [0.2, 0.25) is 5.91 Å². The van der Waals surface area contributed by atoms with Gasteiger partial charge >= 0.3 is 0 Å². The van der Waals surface area contributed by atoms with Crippen molar-refractivity contribution in [1.29, 1.82) is 0 Å². The van der Waals surface area contributed by atoms with Crippen LogP contribution in [-0.2, 0) is 30.6 Å². The second-order valence-electron chi connectivity index (χ2n) is 9.27. The Morgan fingerprint density at radius 2 is 2.00 bits per heavy atom. The predicted octanol–water partition coefficient (Wildman–Crippen LogP) is 4.81. The number of aromatic nitrogens is 2. The summed E-state index contributed by atoms with van der Waals surface area (Å²) in [7, 11) is 0. The highest BCUT2D eigenvalue weighted by atomic mass is 32.1. The average Bonchev–Trinajstić information content (AvgIpc) is 3.08. The first-order valence-corrected chi connectivity index (χ1v) is 11.5. The standard InChI is InChI=1S/C24H29N3O2S/c1-5-15-6-9-17(10-7-15)26-20(28)13-27-14-25-22-21(23(27)29)18-11-8-16(24(2,3)4)12-19(18)30-22/h6-7,9-10,14,16H,5,8,11-13H2,1-4H3,(H,26,28)/t16-/m1/s1. The van der Waals surface area contributed by atoms with Crippen LogP contribution in [0.2, 0.25) is 0 Å². The third-order valence-corrected chi connectivity index (χ3v) is 7.38. The lowest BCUT2D eigenvalue weighted by Crippen LogP contribution is -2.29. The van der Waals surface area contributed by atoms with E-state index < -0.39 is 0 Å². The zero-order chi connectivity index (χ0) is 21.5. The Morgan fingerprint density at radius 1 is 1.27 bits per heavy atom. The van der Waals surface area contributed by atoms with Crippen LogP contribution in [0.5, 0.6) is 0 Å². The van der Waals surface area contributed by atoms with Crippen molar-refractivity contribution >= 4 is 33.1 Å². The van der Waals surface area contributed by atoms with Gasteiger partial charge in [0, 0.05) is 10.6 Å². The van der Waals surface area contributed by atoms with E-state index in [0.717, 1.165) is 41.8 Å². The van der Waals surface area contributed by atoms with E-state index in [0.29, 0.717) is 11.3 Å². The summed E-state index contributed by atoms with van der Waals surface area (Å²) >= 11 is 1.64. The number of nitrogens with zero attached hydrogens (tertiary/aromatic N) is 2. The molecule has 0 saturated carbocycles. The summed E-state index contributed by atoms with van der Waals surface area (Å²) in [6.45, 7) is 8.92. The van der Waals surface area contributed by atoms with Crippen molar-refractivity contribution in [3.8, 4) is 0 Å². The Hall–Kier alpha value is -2.47. The highest BCUT2D eigenvalue weighted by molar-refractivity contribution is 7.18. The maximum atomic E-state index is 13.2. The molecule has 2 aromatic heterocycles. The van der Waals surface area contributed by atoms with Crippen LogP contribution in [0.4, 0.5) is 5.69 Å². The fourth-order valence-corrected chi connectivity index (χ4v) is 5.49. The molecule has 3 aromatic rings. The molecule has 0 radical (unpaired) electrons. The number of carbonyl (C=O) groups excluding carboxylic acids is 1. The number of rotatable bonds is 4. The molecule has 0 spiro atoms. The van der Waals surface area contributed by atoms with E-state index in [9.17, 15) is 9.59 Å². The van der Waals surface area contributed by atoms with Crippen molar-refractivity contribution in [3.05, 3.63) is 57.0 Å². The molecule has 158 valence electrons. The largest absolute Gasteiger partial charge is 0.325 e. The van der Waals surface area contributed by atoms with Crippen molar-refractivity contribution in [1.82, 2.24) is 9.55 Å². The number of anilines is 1. The second kappa shape index (κ2) is 7.99. The Labute approximate surface area is 181 Å². The van der Waals surface area contributed by atoms with E-state index in [1.807, 2.05) is 24.3 Å². The molecule has 30 heavy (non-hydrogen) atoms. The van der Waals surface area contributed by atoms with Gasteiger partial charge in [0.15, 0.2) is 0 Å². The third kappa shape index (κ3) is 4.06. The molecule has 1 N–H and O–H groups in total. The van der Waals surface area contributed by atoms with Crippen molar-refractivity contribution in [2.45, 2.75) is 59.9 Å². The molecule has 2 heterocycles. The van der Waals surface area contributed by atoms with Crippen LogP contribution in [0.3, 0.4) is 0 Å². The number of nitrogens with one attached hydrogen (secondary N) is 1. The molecular weight excluding hydrogens is 394 g/mol. The lowest BCUT2D eigenvalue weighted by atomic mass is 9.72. The number of hydrogen-bond acceptors (Lipinski definition) is 4. The number of aryl methyl sites for hydroxylation is 2. The maximum Gasteiger partial charge on any atom is 0.262 e. The molecule has 1 aliphatic carbocycles. The van der Waals surface area contributed by atoms with Gasteiger partial charge in [0.25, 0.3) is 5.56 Å². The van der Waals surface area contributed by atoms with E-state index in [1.54, 1.807) is 11.3 Å². The molecule has 6 heteroatoms. The zero-order valence-electron chi connectivity index (χ0n) is 18.1. The van der Waals surface area contributed by atoms with Crippen molar-refractivity contribution in [2.24, 2.45) is 11.3 Å². The van der Waals surface area contributed by atoms with Crippen LogP contribution < -0.4 is 10.9 Å². The van der Waals surface area contributed by atoms with Crippen LogP contribution in [0.15, 0.2) is 35.4 Å². The van der Waals surface area contributed by atoms with Crippen LogP contribution in [0, 0.1) is 11.3 Å². The molecule has 1 aromatic carbocycles. The van der Waals surface area contributed by atoms with Gasteiger partial charge in [-0.25, -0.2) is 4.98 Å². The number of thiophene rings is 1. The quantitative estimate of drug-likeness (QED) is 0.655. The Balaban J connectivity index is 1.56. The highest BCUT2D eigenvalue weighted by Crippen LogP contribution is 2.41. The molecule has 0 bridgehead atoms. The normalized spacial score (nSPS) is 16.5. The summed E-state index contributed by atoms with van der Waals surface area (Å²) in [6, 6.07) is 7.78. The Kier molecular flexibility index (Phi) is 5.53. The summed E-state index contributed by atoms with van der Waals surface area (Å²) in [5, 5.41) is 3.58. The SMILES string of the molecule is CCc1ccc(NC(=O)Cn2cnc3sc4c(c3c2=O)CC[C@@H](C(C)(C)C)C4)cc1. The van der Waals surface area contributed by atoms with Crippen LogP contribution in [0.1, 0.15) is 50.1 Å². The Morgan fingerprint density at radius 3 is 2.67 bits per heavy atom. The van der Waals surface area contributed by atoms with Crippen molar-refractivity contribution in [3.63, 3.8) is 0 Å². The van der Waals surface area contributed by atoms with Crippen LogP contribution >= 0.6 is 11.3 Å². The van der Waals surface area contributed by atoms with Gasteiger partial charge < -0.3 is 5.32 Å². The highest BCUT2D eigenvalue weighted by Gasteiger charge is 2.31. The maximum absolute atomic E-state index is 13.2. The first-order chi connectivity index (χ1) is 14.3. The minimum atomic E-state index is -0.223. The number of fused-ring (bicyclic) bond motifs is 3. The lowest BCUT2D eigenvalue weighted by Gasteiger charge is -2.33. The van der Waals surface area contributed by atoms with E-state index in [2.05, 4.69) is 38.0 Å². The zero-order valence-corrected chi connectivity index (χ0v) is 18.9. The van der Waals surface area contributed by atoms with E-state index >= 15 is 0 Å². The first kappa shape index (κ1) is 20.8. The molecule has 0 fully saturated rings. The van der Waals surface area contributed by atoms with Gasteiger partial charge in [0.05, 0.1) is 11.7 Å². The molecule has 5 nitrogen and oxygen atoms in total. The monoisotopic (exact) mass is 423 g/mol. The molecule has 1 atom stereocenters. The van der Waals surface area contributed by atoms with Gasteiger partial charge in [-0.05, 0) is 60.3 Å². The van der Waals surface area contributed by atoms with E-state index in [1.165, 1.54) is 21.3 Å². The van der Waals surface area contributed by atoms with Gasteiger partial charge in [-0.15, -0.1) is 11.3 Å². The van der Waals surface area contributed by atoms with E-state index in [-0.39, 0.29) is 23.4 Å². The van der Waals surface area contributed by atoms with Crippen LogP contribution in [0.25, 0.3) is 10.2 Å². The summed E-state index contributed by atoms with van der Waals surface area (Å²) in [6.07, 6.45) is 5.47. The van der Waals surface area contributed by atoms with Crippen LogP contribution in [-0.4, -0.2) is 15.5 Å². The molecule has 0 saturated heterocycles. The fraction of sp³-hybridized carbons (Fsp3) is 0.458. The van der Waals surface area contributed by atoms with E-state index in [4.69, 9.17) is 0 Å². The van der Waals surface area contributed by atoms with Gasteiger partial charge in [-0.1, -0.05) is 39.8 Å². The summed E-state index contributed by atoms with van der Waals surface area (Å²) < 4.78 is 1.43. The van der Waals surface area contributed by atoms with Gasteiger partial charge in [0.1, 0.15) is 11.4 Å². The fourth-order valence-electron chi connectivity index (χ4n) is 4.23. The summed E-state index contributed by atoms with van der Waals surface area (Å²) in [5.74, 6) is 0.393. The summed E-state index contributed by atoms with van der Waals surface area (Å²) in [5.41, 5.74) is 3.26. The third-order valence-electron chi connectivity index (χ3n) is 6.22. The molecule has 4 rings (SSSR count). The van der Waals surface area contributed by atoms with Gasteiger partial charge in [-0.3, -0.25) is 14.2 Å². The second-order valence-corrected chi connectivity index (χ2v) is 10.3. The molecular formula is C24H29N3O2S. The average molecular weight is 424 g/mol. The lowest BCUT2D eigenvalue weighted by molar-refractivity contribution is -0.116. The molecule has 0 unspecified atom stereocenters. The number of carbonyl (C=O) groups is 1. The van der Waals surface area contributed by atoms with Gasteiger partial charge in [-0.2, -0.15) is 0 Å². The van der Waals surface area contributed by atoms with Crippen molar-refractivity contribution < 1.29 is 4.79 Å². The predicted molar refractivity (Wildman–Crippen MR) is 123 cm³/mol. The number of benzene rings is 1.